The van der Waals surface area contributed by atoms with E-state index >= 15 is 0 Å². The summed E-state index contributed by atoms with van der Waals surface area (Å²) in [7, 11) is 1.67. The number of pyridine rings is 1. The Hall–Kier alpha value is -2.25. The van der Waals surface area contributed by atoms with Gasteiger partial charge in [-0.05, 0) is 38.7 Å². The lowest BCUT2D eigenvalue weighted by Gasteiger charge is -2.16. The minimum atomic E-state index is 0.0958. The van der Waals surface area contributed by atoms with Crippen LogP contribution in [0.4, 0.5) is 17.2 Å². The number of halogens is 1. The smallest absolute Gasteiger partial charge is 0.174 e. The summed E-state index contributed by atoms with van der Waals surface area (Å²) in [6.07, 6.45) is 6.39. The molecule has 0 saturated heterocycles. The highest BCUT2D eigenvalue weighted by Crippen LogP contribution is 2.36. The van der Waals surface area contributed by atoms with Crippen molar-refractivity contribution in [2.45, 2.75) is 38.8 Å². The van der Waals surface area contributed by atoms with Gasteiger partial charge in [0.25, 0.3) is 0 Å². The van der Waals surface area contributed by atoms with Crippen molar-refractivity contribution in [2.24, 2.45) is 5.92 Å². The van der Waals surface area contributed by atoms with Crippen LogP contribution in [-0.2, 0) is 4.74 Å². The van der Waals surface area contributed by atoms with Crippen molar-refractivity contribution in [2.75, 3.05) is 24.4 Å². The van der Waals surface area contributed by atoms with Crippen LogP contribution in [0.5, 0.6) is 0 Å². The van der Waals surface area contributed by atoms with Crippen LogP contribution in [0.2, 0.25) is 5.15 Å². The van der Waals surface area contributed by atoms with Crippen molar-refractivity contribution < 1.29 is 4.74 Å². The molecular weight excluding hydrogens is 364 g/mol. The fourth-order valence-electron chi connectivity index (χ4n) is 3.32. The second-order valence-electron chi connectivity index (χ2n) is 7.31. The maximum atomic E-state index is 6.32. The number of anilines is 3. The number of fused-ring (bicyclic) bond motifs is 1. The zero-order valence-corrected chi connectivity index (χ0v) is 16.5. The van der Waals surface area contributed by atoms with E-state index in [1.165, 1.54) is 12.8 Å². The molecule has 1 saturated carbocycles. The first-order valence-corrected chi connectivity index (χ1v) is 9.68. The zero-order valence-electron chi connectivity index (χ0n) is 15.8. The van der Waals surface area contributed by atoms with Crippen molar-refractivity contribution >= 4 is 39.8 Å². The maximum Gasteiger partial charge on any atom is 0.174 e. The first-order valence-electron chi connectivity index (χ1n) is 9.30. The number of hydrogen-bond donors (Lipinski definition) is 3. The van der Waals surface area contributed by atoms with Gasteiger partial charge in [0.05, 0.1) is 24.5 Å². The minimum Gasteiger partial charge on any atom is -0.382 e. The molecule has 1 fully saturated rings. The first-order chi connectivity index (χ1) is 13.0. The quantitative estimate of drug-likeness (QED) is 0.526. The number of rotatable bonds is 8. The van der Waals surface area contributed by atoms with E-state index in [2.05, 4.69) is 32.6 Å². The van der Waals surface area contributed by atoms with Gasteiger partial charge in [0.2, 0.25) is 0 Å². The summed E-state index contributed by atoms with van der Waals surface area (Å²) >= 11 is 6.32. The lowest BCUT2D eigenvalue weighted by molar-refractivity contribution is 0.157. The molecule has 0 unspecified atom stereocenters. The number of aromatic nitrogens is 4. The Morgan fingerprint density at radius 3 is 2.93 bits per heavy atom. The van der Waals surface area contributed by atoms with Gasteiger partial charge in [0.1, 0.15) is 11.5 Å². The molecule has 3 aromatic heterocycles. The van der Waals surface area contributed by atoms with E-state index in [0.29, 0.717) is 17.8 Å². The molecule has 0 radical (unpaired) electrons. The Morgan fingerprint density at radius 2 is 2.19 bits per heavy atom. The summed E-state index contributed by atoms with van der Waals surface area (Å²) in [5, 5.41) is 12.8. The molecule has 144 valence electrons. The molecule has 0 spiro atoms. The molecule has 3 heterocycles. The molecule has 8 heteroatoms. The van der Waals surface area contributed by atoms with E-state index in [1.807, 2.05) is 31.5 Å². The Bertz CT molecular complexity index is 932. The van der Waals surface area contributed by atoms with Crippen LogP contribution in [0.25, 0.3) is 11.0 Å². The first kappa shape index (κ1) is 18.1. The van der Waals surface area contributed by atoms with Crippen LogP contribution < -0.4 is 10.6 Å². The minimum absolute atomic E-state index is 0.0958. The highest BCUT2D eigenvalue weighted by atomic mass is 35.5. The number of H-pyrrole nitrogens is 1. The van der Waals surface area contributed by atoms with E-state index < -0.39 is 0 Å². The van der Waals surface area contributed by atoms with Crippen LogP contribution in [-0.4, -0.2) is 39.5 Å². The third-order valence-corrected chi connectivity index (χ3v) is 5.33. The molecule has 4 rings (SSSR count). The van der Waals surface area contributed by atoms with Crippen molar-refractivity contribution in [3.05, 3.63) is 29.7 Å². The summed E-state index contributed by atoms with van der Waals surface area (Å²) in [5.74, 6) is 1.48. The Labute approximate surface area is 163 Å². The molecule has 0 aliphatic heterocycles. The second-order valence-corrected chi connectivity index (χ2v) is 7.67. The van der Waals surface area contributed by atoms with Gasteiger partial charge in [0, 0.05) is 36.5 Å². The van der Waals surface area contributed by atoms with Gasteiger partial charge in [-0.3, -0.25) is 4.68 Å². The SMILES string of the molecule is COC[C@H](C)n1cc(Nc2cc(N[C@@H](C)C3CC3)c3cc[nH]c3n2)c(Cl)n1. The standard InChI is InChI=1S/C19H25ClN6O/c1-11(10-27-3)26-9-16(18(20)25-26)23-17-8-15(22-12(2)13-4-5-13)14-6-7-21-19(14)24-17/h6-9,11-13H,4-5,10H2,1-3H3,(H3,21,22,23,24)/t11-,12-/m0/s1. The summed E-state index contributed by atoms with van der Waals surface area (Å²) < 4.78 is 6.99. The lowest BCUT2D eigenvalue weighted by atomic mass is 10.2. The normalized spacial score (nSPS) is 16.4. The van der Waals surface area contributed by atoms with Gasteiger partial charge in [-0.15, -0.1) is 0 Å². The Kier molecular flexibility index (Phi) is 4.97. The summed E-state index contributed by atoms with van der Waals surface area (Å²) in [6.45, 7) is 4.83. The monoisotopic (exact) mass is 388 g/mol. The van der Waals surface area contributed by atoms with E-state index in [1.54, 1.807) is 11.8 Å². The zero-order chi connectivity index (χ0) is 19.0. The number of aromatic amines is 1. The number of ether oxygens (including phenoxy) is 1. The predicted molar refractivity (Wildman–Crippen MR) is 109 cm³/mol. The summed E-state index contributed by atoms with van der Waals surface area (Å²) in [5.41, 5.74) is 2.63. The van der Waals surface area contributed by atoms with Gasteiger partial charge in [-0.1, -0.05) is 11.6 Å². The lowest BCUT2D eigenvalue weighted by Crippen LogP contribution is -2.17. The largest absolute Gasteiger partial charge is 0.382 e. The van der Waals surface area contributed by atoms with E-state index in [-0.39, 0.29) is 6.04 Å². The molecule has 2 atom stereocenters. The summed E-state index contributed by atoms with van der Waals surface area (Å²) in [6, 6.07) is 4.62. The van der Waals surface area contributed by atoms with Crippen LogP contribution in [0.3, 0.4) is 0 Å². The van der Waals surface area contributed by atoms with Gasteiger partial charge in [-0.2, -0.15) is 5.10 Å². The Morgan fingerprint density at radius 1 is 1.37 bits per heavy atom. The van der Waals surface area contributed by atoms with Crippen LogP contribution in [0, 0.1) is 5.92 Å². The summed E-state index contributed by atoms with van der Waals surface area (Å²) in [4.78, 5) is 7.86. The molecule has 3 N–H and O–H groups in total. The predicted octanol–water partition coefficient (Wildman–Crippen LogP) is 4.57. The number of nitrogens with zero attached hydrogens (tertiary/aromatic N) is 3. The van der Waals surface area contributed by atoms with Gasteiger partial charge in [-0.25, -0.2) is 4.98 Å². The van der Waals surface area contributed by atoms with Crippen molar-refractivity contribution in [3.63, 3.8) is 0 Å². The van der Waals surface area contributed by atoms with E-state index in [4.69, 9.17) is 16.3 Å². The molecular formula is C19H25ClN6O. The highest BCUT2D eigenvalue weighted by molar-refractivity contribution is 6.32. The molecule has 7 nitrogen and oxygen atoms in total. The number of hydrogen-bond acceptors (Lipinski definition) is 5. The highest BCUT2D eigenvalue weighted by Gasteiger charge is 2.28. The van der Waals surface area contributed by atoms with Gasteiger partial charge < -0.3 is 20.4 Å². The van der Waals surface area contributed by atoms with Gasteiger partial charge >= 0.3 is 0 Å². The van der Waals surface area contributed by atoms with Crippen molar-refractivity contribution in [3.8, 4) is 0 Å². The Balaban J connectivity index is 1.60. The second kappa shape index (κ2) is 7.40. The average molecular weight is 389 g/mol. The molecule has 1 aliphatic rings. The molecule has 1 aliphatic carbocycles. The number of methoxy groups -OCH3 is 1. The molecule has 27 heavy (non-hydrogen) atoms. The fourth-order valence-corrected chi connectivity index (χ4v) is 3.50. The van der Waals surface area contributed by atoms with Crippen LogP contribution >= 0.6 is 11.6 Å². The van der Waals surface area contributed by atoms with Gasteiger partial charge in [0.15, 0.2) is 5.15 Å². The topological polar surface area (TPSA) is 79.8 Å². The third kappa shape index (κ3) is 3.89. The molecule has 0 aromatic carbocycles. The molecule has 0 amide bonds. The van der Waals surface area contributed by atoms with Crippen molar-refractivity contribution in [1.29, 1.82) is 0 Å². The fraction of sp³-hybridized carbons (Fsp3) is 0.474. The molecule has 0 bridgehead atoms. The number of nitrogens with one attached hydrogen (secondary N) is 3. The van der Waals surface area contributed by atoms with E-state index in [0.717, 1.165) is 34.1 Å². The average Bonchev–Trinajstić information content (AvgIpc) is 3.28. The maximum absolute atomic E-state index is 6.32. The third-order valence-electron chi connectivity index (χ3n) is 5.05. The van der Waals surface area contributed by atoms with E-state index in [9.17, 15) is 0 Å². The van der Waals surface area contributed by atoms with Crippen LogP contribution in [0.15, 0.2) is 24.5 Å². The molecule has 3 aromatic rings. The van der Waals surface area contributed by atoms with Crippen LogP contribution in [0.1, 0.15) is 32.7 Å². The van der Waals surface area contributed by atoms with Crippen molar-refractivity contribution in [1.82, 2.24) is 19.7 Å².